The van der Waals surface area contributed by atoms with Crippen LogP contribution < -0.4 is 0 Å². The summed E-state index contributed by atoms with van der Waals surface area (Å²) in [5.74, 6) is 0. The number of furan rings is 1. The van der Waals surface area contributed by atoms with Gasteiger partial charge in [0.25, 0.3) is 0 Å². The minimum Gasteiger partial charge on any atom is -0.456 e. The van der Waals surface area contributed by atoms with Crippen LogP contribution in [0.5, 0.6) is 0 Å². The van der Waals surface area contributed by atoms with Gasteiger partial charge in [0.05, 0.1) is 0 Å². The Hall–Kier alpha value is -7.74. The molecule has 1 heteroatoms. The SMILES string of the molecule is c1cc(-c2ccc3ccccc3c2)cc(-c2c3ccccc3c(-c3cccc(-c4ccc5ccccc5c4)c3)c3cc(-c4ccc5oc6ccccc6c5c4)ccc23)c1. The maximum atomic E-state index is 6.24. The molecule has 0 amide bonds. The lowest BCUT2D eigenvalue weighted by Gasteiger charge is -2.20. The number of para-hydroxylation sites is 1. The van der Waals surface area contributed by atoms with Crippen LogP contribution in [-0.2, 0) is 0 Å². The van der Waals surface area contributed by atoms with Crippen molar-refractivity contribution in [1.29, 1.82) is 0 Å². The molecule has 12 rings (SSSR count). The molecule has 0 aliphatic carbocycles. The van der Waals surface area contributed by atoms with E-state index in [4.69, 9.17) is 4.42 Å². The van der Waals surface area contributed by atoms with Crippen molar-refractivity contribution in [3.8, 4) is 55.6 Å². The van der Waals surface area contributed by atoms with Crippen LogP contribution in [0.4, 0.5) is 0 Å². The average Bonchev–Trinajstić information content (AvgIpc) is 3.68. The Morgan fingerprint density at radius 1 is 0.203 bits per heavy atom. The van der Waals surface area contributed by atoms with Crippen molar-refractivity contribution in [2.45, 2.75) is 0 Å². The largest absolute Gasteiger partial charge is 0.456 e. The zero-order valence-corrected chi connectivity index (χ0v) is 32.2. The van der Waals surface area contributed by atoms with Crippen molar-refractivity contribution in [2.75, 3.05) is 0 Å². The van der Waals surface area contributed by atoms with E-state index in [0.717, 1.165) is 27.5 Å². The highest BCUT2D eigenvalue weighted by Gasteiger charge is 2.19. The molecule has 0 N–H and O–H groups in total. The van der Waals surface area contributed by atoms with Gasteiger partial charge in [-0.1, -0.05) is 170 Å². The van der Waals surface area contributed by atoms with Gasteiger partial charge in [0.1, 0.15) is 11.2 Å². The Morgan fingerprint density at radius 3 is 1.24 bits per heavy atom. The monoisotopic (exact) mass is 748 g/mol. The van der Waals surface area contributed by atoms with E-state index in [1.807, 2.05) is 12.1 Å². The molecule has 0 aliphatic rings. The van der Waals surface area contributed by atoms with Crippen molar-refractivity contribution in [1.82, 2.24) is 0 Å². The van der Waals surface area contributed by atoms with E-state index in [1.54, 1.807) is 0 Å². The minimum atomic E-state index is 0.904. The van der Waals surface area contributed by atoms with E-state index in [-0.39, 0.29) is 0 Å². The Kier molecular flexibility index (Phi) is 7.61. The Labute approximate surface area is 342 Å². The molecule has 274 valence electrons. The molecule has 0 atom stereocenters. The van der Waals surface area contributed by atoms with Crippen LogP contribution in [0.2, 0.25) is 0 Å². The van der Waals surface area contributed by atoms with Crippen molar-refractivity contribution in [2.24, 2.45) is 0 Å². The van der Waals surface area contributed by atoms with Gasteiger partial charge in [0, 0.05) is 10.8 Å². The van der Waals surface area contributed by atoms with Crippen molar-refractivity contribution in [3.05, 3.63) is 218 Å². The summed E-state index contributed by atoms with van der Waals surface area (Å²) in [6.45, 7) is 0. The summed E-state index contributed by atoms with van der Waals surface area (Å²) in [5, 5.41) is 12.2. The quantitative estimate of drug-likeness (QED) is 0.160. The number of hydrogen-bond acceptors (Lipinski definition) is 1. The van der Waals surface area contributed by atoms with Gasteiger partial charge in [-0.2, -0.15) is 0 Å². The van der Waals surface area contributed by atoms with Crippen LogP contribution in [0.15, 0.2) is 223 Å². The van der Waals surface area contributed by atoms with E-state index in [1.165, 1.54) is 93.2 Å². The van der Waals surface area contributed by atoms with Gasteiger partial charge in [0.15, 0.2) is 0 Å². The van der Waals surface area contributed by atoms with Gasteiger partial charge in [-0.25, -0.2) is 0 Å². The molecule has 0 aliphatic heterocycles. The average molecular weight is 749 g/mol. The summed E-state index contributed by atoms with van der Waals surface area (Å²) in [5.41, 5.74) is 13.9. The molecule has 0 radical (unpaired) electrons. The normalized spacial score (nSPS) is 11.7. The lowest BCUT2D eigenvalue weighted by atomic mass is 9.84. The van der Waals surface area contributed by atoms with Crippen LogP contribution in [0.25, 0.3) is 121 Å². The molecule has 11 aromatic carbocycles. The maximum Gasteiger partial charge on any atom is 0.135 e. The summed E-state index contributed by atoms with van der Waals surface area (Å²) < 4.78 is 6.24. The fourth-order valence-electron chi connectivity index (χ4n) is 9.33. The van der Waals surface area contributed by atoms with Gasteiger partial charge in [-0.05, 0) is 147 Å². The smallest absolute Gasteiger partial charge is 0.135 e. The van der Waals surface area contributed by atoms with Gasteiger partial charge >= 0.3 is 0 Å². The number of hydrogen-bond donors (Lipinski definition) is 0. The van der Waals surface area contributed by atoms with Crippen molar-refractivity contribution >= 4 is 65.0 Å². The van der Waals surface area contributed by atoms with E-state index in [9.17, 15) is 0 Å². The van der Waals surface area contributed by atoms with Crippen LogP contribution in [0.3, 0.4) is 0 Å². The zero-order valence-electron chi connectivity index (χ0n) is 32.2. The van der Waals surface area contributed by atoms with Crippen LogP contribution in [0.1, 0.15) is 0 Å². The van der Waals surface area contributed by atoms with Crippen LogP contribution in [-0.4, -0.2) is 0 Å². The Morgan fingerprint density at radius 2 is 0.610 bits per heavy atom. The highest BCUT2D eigenvalue weighted by Crippen LogP contribution is 2.46. The third-order valence-electron chi connectivity index (χ3n) is 12.2. The van der Waals surface area contributed by atoms with E-state index in [2.05, 4.69) is 206 Å². The second-order valence-electron chi connectivity index (χ2n) is 15.7. The molecule has 0 saturated carbocycles. The number of fused-ring (bicyclic) bond motifs is 7. The summed E-state index contributed by atoms with van der Waals surface area (Å²) in [6, 6.07) is 79.9. The minimum absolute atomic E-state index is 0.904. The maximum absolute atomic E-state index is 6.24. The molecule has 1 aromatic heterocycles. The third-order valence-corrected chi connectivity index (χ3v) is 12.2. The first kappa shape index (κ1) is 33.4. The molecule has 0 unspecified atom stereocenters. The first-order valence-corrected chi connectivity index (χ1v) is 20.3. The summed E-state index contributed by atoms with van der Waals surface area (Å²) in [4.78, 5) is 0. The molecule has 0 fully saturated rings. The first-order chi connectivity index (χ1) is 29.2. The van der Waals surface area contributed by atoms with E-state index < -0.39 is 0 Å². The summed E-state index contributed by atoms with van der Waals surface area (Å²) in [7, 11) is 0. The second-order valence-corrected chi connectivity index (χ2v) is 15.7. The Balaban J connectivity index is 1.11. The molecule has 12 aromatic rings. The molecule has 0 saturated heterocycles. The first-order valence-electron chi connectivity index (χ1n) is 20.3. The van der Waals surface area contributed by atoms with Crippen molar-refractivity contribution in [3.63, 3.8) is 0 Å². The van der Waals surface area contributed by atoms with Gasteiger partial charge in [-0.3, -0.25) is 0 Å². The van der Waals surface area contributed by atoms with Gasteiger partial charge < -0.3 is 4.42 Å². The lowest BCUT2D eigenvalue weighted by Crippen LogP contribution is -1.92. The van der Waals surface area contributed by atoms with Crippen LogP contribution >= 0.6 is 0 Å². The van der Waals surface area contributed by atoms with Crippen molar-refractivity contribution < 1.29 is 4.42 Å². The standard InChI is InChI=1S/C58H36O/c1-3-13-39-31-43(25-23-37(39)11-1)41-15-9-17-47(33-41)57-50-20-5-6-21-51(50)58(48-18-10-16-42(34-48)44-26-24-38-12-2-4-14-40(38)32-44)54-36-45(27-29-52(54)57)46-28-30-56-53(35-46)49-19-7-8-22-55(49)59-56/h1-36H. The fourth-order valence-corrected chi connectivity index (χ4v) is 9.33. The molecular weight excluding hydrogens is 713 g/mol. The molecule has 59 heavy (non-hydrogen) atoms. The third kappa shape index (κ3) is 5.62. The summed E-state index contributed by atoms with van der Waals surface area (Å²) in [6.07, 6.45) is 0. The highest BCUT2D eigenvalue weighted by molar-refractivity contribution is 6.22. The molecule has 0 spiro atoms. The highest BCUT2D eigenvalue weighted by atomic mass is 16.3. The predicted molar refractivity (Wildman–Crippen MR) is 251 cm³/mol. The second kappa shape index (κ2) is 13.4. The molecule has 1 heterocycles. The number of rotatable bonds is 5. The number of benzene rings is 11. The van der Waals surface area contributed by atoms with E-state index in [0.29, 0.717) is 0 Å². The van der Waals surface area contributed by atoms with E-state index >= 15 is 0 Å². The Bertz CT molecular complexity index is 3620. The topological polar surface area (TPSA) is 13.1 Å². The fraction of sp³-hybridized carbons (Fsp3) is 0. The van der Waals surface area contributed by atoms with Crippen LogP contribution in [0, 0.1) is 0 Å². The molecular formula is C58H36O. The molecule has 0 bridgehead atoms. The zero-order chi connectivity index (χ0) is 38.9. The molecule has 1 nitrogen and oxygen atoms in total. The predicted octanol–water partition coefficient (Wildman–Crippen LogP) is 16.5. The van der Waals surface area contributed by atoms with Gasteiger partial charge in [0.2, 0.25) is 0 Å². The lowest BCUT2D eigenvalue weighted by molar-refractivity contribution is 0.669. The summed E-state index contributed by atoms with van der Waals surface area (Å²) >= 11 is 0. The van der Waals surface area contributed by atoms with Gasteiger partial charge in [-0.15, -0.1) is 0 Å².